The van der Waals surface area contributed by atoms with Gasteiger partial charge in [0.05, 0.1) is 6.04 Å². The Hall–Kier alpha value is -1.62. The highest BCUT2D eigenvalue weighted by atomic mass is 32.1. The molecule has 0 amide bonds. The van der Waals surface area contributed by atoms with E-state index in [0.717, 1.165) is 17.2 Å². The Kier molecular flexibility index (Phi) is 3.14. The number of nitrogen functional groups attached to an aromatic ring is 1. The van der Waals surface area contributed by atoms with Crippen LogP contribution in [0.15, 0.2) is 17.5 Å². The van der Waals surface area contributed by atoms with Crippen LogP contribution in [0, 0.1) is 6.92 Å². The van der Waals surface area contributed by atoms with Crippen molar-refractivity contribution in [1.29, 1.82) is 0 Å². The van der Waals surface area contributed by atoms with E-state index in [0.29, 0.717) is 11.7 Å². The minimum Gasteiger partial charge on any atom is -0.383 e. The normalized spacial score (nSPS) is 16.3. The lowest BCUT2D eigenvalue weighted by atomic mass is 10.2. The molecule has 3 rings (SSSR count). The second-order valence-electron chi connectivity index (χ2n) is 5.10. The Bertz CT molecular complexity index is 575. The van der Waals surface area contributed by atoms with E-state index in [1.165, 1.54) is 17.7 Å². The van der Waals surface area contributed by atoms with Crippen molar-refractivity contribution >= 4 is 23.0 Å². The van der Waals surface area contributed by atoms with Crippen molar-refractivity contribution in [2.24, 2.45) is 0 Å². The number of hydrogen-bond acceptors (Lipinski definition) is 5. The van der Waals surface area contributed by atoms with E-state index in [2.05, 4.69) is 39.7 Å². The Morgan fingerprint density at radius 2 is 2.21 bits per heavy atom. The third kappa shape index (κ3) is 2.56. The molecule has 3 N–H and O–H groups in total. The van der Waals surface area contributed by atoms with Crippen LogP contribution >= 0.6 is 11.3 Å². The van der Waals surface area contributed by atoms with Gasteiger partial charge in [0, 0.05) is 16.4 Å². The van der Waals surface area contributed by atoms with Gasteiger partial charge in [0.25, 0.3) is 0 Å². The van der Waals surface area contributed by atoms with E-state index in [1.807, 2.05) is 6.92 Å². The fraction of sp³-hybridized carbons (Fsp3) is 0.429. The van der Waals surface area contributed by atoms with Crippen LogP contribution in [-0.2, 0) is 0 Å². The maximum Gasteiger partial charge on any atom is 0.136 e. The highest BCUT2D eigenvalue weighted by Crippen LogP contribution is 2.39. The zero-order valence-electron chi connectivity index (χ0n) is 11.2. The first-order valence-electron chi connectivity index (χ1n) is 6.59. The number of thiophene rings is 1. The second-order valence-corrected chi connectivity index (χ2v) is 6.08. The van der Waals surface area contributed by atoms with Crippen molar-refractivity contribution in [2.45, 2.75) is 38.6 Å². The van der Waals surface area contributed by atoms with Gasteiger partial charge in [-0.15, -0.1) is 11.3 Å². The summed E-state index contributed by atoms with van der Waals surface area (Å²) in [7, 11) is 0. The molecule has 1 aliphatic carbocycles. The lowest BCUT2D eigenvalue weighted by molar-refractivity contribution is 0.864. The summed E-state index contributed by atoms with van der Waals surface area (Å²) in [6.45, 7) is 4.11. The molecule has 2 aromatic heterocycles. The van der Waals surface area contributed by atoms with Crippen LogP contribution in [0.1, 0.15) is 48.0 Å². The first-order valence-corrected chi connectivity index (χ1v) is 7.47. The molecule has 1 fully saturated rings. The molecule has 0 bridgehead atoms. The minimum atomic E-state index is 0.236. The molecule has 1 aliphatic rings. The van der Waals surface area contributed by atoms with Gasteiger partial charge in [-0.2, -0.15) is 0 Å². The number of rotatable bonds is 4. The molecule has 100 valence electrons. The van der Waals surface area contributed by atoms with Crippen molar-refractivity contribution < 1.29 is 0 Å². The van der Waals surface area contributed by atoms with Crippen LogP contribution in [-0.4, -0.2) is 9.97 Å². The van der Waals surface area contributed by atoms with E-state index in [4.69, 9.17) is 5.73 Å². The van der Waals surface area contributed by atoms with Crippen LogP contribution in [0.4, 0.5) is 11.6 Å². The second kappa shape index (κ2) is 4.81. The summed E-state index contributed by atoms with van der Waals surface area (Å²) in [5, 5.41) is 5.54. The predicted octanol–water partition coefficient (Wildman–Crippen LogP) is 3.48. The topological polar surface area (TPSA) is 63.8 Å². The Morgan fingerprint density at radius 3 is 2.84 bits per heavy atom. The van der Waals surface area contributed by atoms with Gasteiger partial charge in [0.15, 0.2) is 0 Å². The smallest absolute Gasteiger partial charge is 0.136 e. The van der Waals surface area contributed by atoms with Gasteiger partial charge in [-0.25, -0.2) is 9.97 Å². The SMILES string of the molecule is Cc1c(N)nc(C2CC2)nc1NC(C)c1cccs1. The molecule has 4 nitrogen and oxygen atoms in total. The number of aromatic nitrogens is 2. The van der Waals surface area contributed by atoms with Gasteiger partial charge < -0.3 is 11.1 Å². The highest BCUT2D eigenvalue weighted by molar-refractivity contribution is 7.10. The molecule has 2 heterocycles. The summed E-state index contributed by atoms with van der Waals surface area (Å²) < 4.78 is 0. The molecule has 1 unspecified atom stereocenters. The van der Waals surface area contributed by atoms with Crippen LogP contribution in [0.5, 0.6) is 0 Å². The average molecular weight is 274 g/mol. The van der Waals surface area contributed by atoms with Gasteiger partial charge in [0.1, 0.15) is 17.5 Å². The van der Waals surface area contributed by atoms with Crippen LogP contribution in [0.3, 0.4) is 0 Å². The number of nitrogens with one attached hydrogen (secondary N) is 1. The maximum atomic E-state index is 5.99. The van der Waals surface area contributed by atoms with Gasteiger partial charge in [-0.3, -0.25) is 0 Å². The van der Waals surface area contributed by atoms with Crippen LogP contribution in [0.2, 0.25) is 0 Å². The maximum absolute atomic E-state index is 5.99. The third-order valence-corrected chi connectivity index (χ3v) is 4.52. The van der Waals surface area contributed by atoms with Crippen molar-refractivity contribution in [1.82, 2.24) is 9.97 Å². The standard InChI is InChI=1S/C14H18N4S/c1-8-12(15)17-14(10-5-6-10)18-13(8)16-9(2)11-4-3-7-19-11/h3-4,7,9-10H,5-6H2,1-2H3,(H3,15,16,17,18). The monoisotopic (exact) mass is 274 g/mol. The van der Waals surface area contributed by atoms with Crippen LogP contribution in [0.25, 0.3) is 0 Å². The van der Waals surface area contributed by atoms with Gasteiger partial charge in [0.2, 0.25) is 0 Å². The van der Waals surface area contributed by atoms with Gasteiger partial charge in [-0.05, 0) is 38.1 Å². The van der Waals surface area contributed by atoms with Crippen LogP contribution < -0.4 is 11.1 Å². The molecule has 0 aromatic carbocycles. The summed E-state index contributed by atoms with van der Waals surface area (Å²) in [5.74, 6) is 2.87. The summed E-state index contributed by atoms with van der Waals surface area (Å²) in [4.78, 5) is 10.3. The number of nitrogens with zero attached hydrogens (tertiary/aromatic N) is 2. The quantitative estimate of drug-likeness (QED) is 0.896. The van der Waals surface area contributed by atoms with E-state index >= 15 is 0 Å². The molecule has 0 saturated heterocycles. The molecular weight excluding hydrogens is 256 g/mol. The molecule has 0 aliphatic heterocycles. The minimum absolute atomic E-state index is 0.236. The molecule has 1 atom stereocenters. The molecule has 0 spiro atoms. The number of nitrogens with two attached hydrogens (primary N) is 1. The zero-order chi connectivity index (χ0) is 13.4. The highest BCUT2D eigenvalue weighted by Gasteiger charge is 2.28. The third-order valence-electron chi connectivity index (χ3n) is 3.47. The molecule has 2 aromatic rings. The Labute approximate surface area is 117 Å². The summed E-state index contributed by atoms with van der Waals surface area (Å²) in [6, 6.07) is 4.43. The Morgan fingerprint density at radius 1 is 1.42 bits per heavy atom. The van der Waals surface area contributed by atoms with Crippen molar-refractivity contribution in [2.75, 3.05) is 11.1 Å². The van der Waals surface area contributed by atoms with E-state index in [-0.39, 0.29) is 6.04 Å². The van der Waals surface area contributed by atoms with E-state index < -0.39 is 0 Å². The molecule has 1 saturated carbocycles. The summed E-state index contributed by atoms with van der Waals surface area (Å²) in [6.07, 6.45) is 2.37. The summed E-state index contributed by atoms with van der Waals surface area (Å²) >= 11 is 1.75. The van der Waals surface area contributed by atoms with Gasteiger partial charge >= 0.3 is 0 Å². The lowest BCUT2D eigenvalue weighted by Gasteiger charge is -2.16. The fourth-order valence-corrected chi connectivity index (χ4v) is 2.76. The molecule has 19 heavy (non-hydrogen) atoms. The average Bonchev–Trinajstić information content (AvgIpc) is 3.09. The molecular formula is C14H18N4S. The largest absolute Gasteiger partial charge is 0.383 e. The number of hydrogen-bond donors (Lipinski definition) is 2. The molecule has 5 heteroatoms. The van der Waals surface area contributed by atoms with Gasteiger partial charge in [-0.1, -0.05) is 6.07 Å². The predicted molar refractivity (Wildman–Crippen MR) is 79.5 cm³/mol. The summed E-state index contributed by atoms with van der Waals surface area (Å²) in [5.41, 5.74) is 6.93. The van der Waals surface area contributed by atoms with Crippen molar-refractivity contribution in [3.05, 3.63) is 33.8 Å². The molecule has 0 radical (unpaired) electrons. The lowest BCUT2D eigenvalue weighted by Crippen LogP contribution is -2.11. The Balaban J connectivity index is 1.87. The first-order chi connectivity index (χ1) is 9.15. The van der Waals surface area contributed by atoms with Crippen molar-refractivity contribution in [3.8, 4) is 0 Å². The first kappa shape index (κ1) is 12.4. The zero-order valence-corrected chi connectivity index (χ0v) is 12.0. The van der Waals surface area contributed by atoms with E-state index in [1.54, 1.807) is 11.3 Å². The fourth-order valence-electron chi connectivity index (χ4n) is 2.03. The van der Waals surface area contributed by atoms with Crippen molar-refractivity contribution in [3.63, 3.8) is 0 Å². The van der Waals surface area contributed by atoms with E-state index in [9.17, 15) is 0 Å². The number of anilines is 2.